The van der Waals surface area contributed by atoms with Crippen molar-refractivity contribution in [2.45, 2.75) is 38.1 Å². The molecule has 0 aliphatic carbocycles. The highest BCUT2D eigenvalue weighted by Crippen LogP contribution is 2.20. The molecule has 0 bridgehead atoms. The zero-order chi connectivity index (χ0) is 20.9. The lowest BCUT2D eigenvalue weighted by molar-refractivity contribution is 0.141. The van der Waals surface area contributed by atoms with Gasteiger partial charge in [0.15, 0.2) is 5.65 Å². The molecule has 1 fully saturated rings. The number of hydrogen-bond donors (Lipinski definition) is 1. The van der Waals surface area contributed by atoms with E-state index in [9.17, 15) is 4.79 Å². The van der Waals surface area contributed by atoms with Gasteiger partial charge in [-0.05, 0) is 36.2 Å². The maximum atomic E-state index is 12.5. The summed E-state index contributed by atoms with van der Waals surface area (Å²) in [5, 5.41) is 0. The van der Waals surface area contributed by atoms with E-state index in [4.69, 9.17) is 9.47 Å². The molecular formula is C21H29N5O3Si. The first kappa shape index (κ1) is 20.8. The second-order valence-electron chi connectivity index (χ2n) is 7.74. The fraction of sp³-hybridized carbons (Fsp3) is 0.476. The molecule has 0 spiro atoms. The van der Waals surface area contributed by atoms with Crippen LogP contribution in [0, 0.1) is 0 Å². The van der Waals surface area contributed by atoms with E-state index in [1.54, 1.807) is 17.9 Å². The Kier molecular flexibility index (Phi) is 6.61. The third kappa shape index (κ3) is 4.63. The molecule has 0 amide bonds. The average molecular weight is 428 g/mol. The van der Waals surface area contributed by atoms with Gasteiger partial charge in [-0.15, -0.1) is 0 Å². The minimum atomic E-state index is -0.203. The standard InChI is InChI=1S/C21H29N5O3Si/c1-28-10-11-29-20-22-12-17-19(24-20)26(21(27)23-17)14-16-7-5-15(6-8-16)13-25-9-3-4-18(25)30-2/h5-8,12,18H,3-4,9-11,13-14,30H2,1-2H3,(H,23,27). The number of fused-ring (bicyclic) bond motifs is 1. The number of aromatic amines is 1. The molecule has 0 radical (unpaired) electrons. The fourth-order valence-corrected chi connectivity index (χ4v) is 5.62. The zero-order valence-corrected chi connectivity index (χ0v) is 19.0. The van der Waals surface area contributed by atoms with Gasteiger partial charge in [0.05, 0.1) is 19.3 Å². The number of benzene rings is 1. The lowest BCUT2D eigenvalue weighted by atomic mass is 10.1. The van der Waals surface area contributed by atoms with Gasteiger partial charge in [0.25, 0.3) is 0 Å². The van der Waals surface area contributed by atoms with Crippen LogP contribution in [0.4, 0.5) is 0 Å². The number of imidazole rings is 1. The van der Waals surface area contributed by atoms with Crippen LogP contribution in [0.1, 0.15) is 24.0 Å². The number of rotatable bonds is 9. The first-order valence-corrected chi connectivity index (χ1v) is 12.8. The van der Waals surface area contributed by atoms with Gasteiger partial charge in [-0.2, -0.15) is 4.98 Å². The highest BCUT2D eigenvalue weighted by atomic mass is 28.2. The number of nitrogens with zero attached hydrogens (tertiary/aromatic N) is 4. The van der Waals surface area contributed by atoms with Crippen molar-refractivity contribution >= 4 is 20.7 Å². The molecule has 1 saturated heterocycles. The molecule has 1 N–H and O–H groups in total. The summed E-state index contributed by atoms with van der Waals surface area (Å²) in [4.78, 5) is 26.4. The minimum Gasteiger partial charge on any atom is -0.461 e. The van der Waals surface area contributed by atoms with E-state index in [0.29, 0.717) is 30.9 Å². The Morgan fingerprint density at radius 3 is 2.70 bits per heavy atom. The maximum absolute atomic E-state index is 12.5. The van der Waals surface area contributed by atoms with E-state index in [0.717, 1.165) is 17.8 Å². The van der Waals surface area contributed by atoms with E-state index in [2.05, 4.69) is 50.7 Å². The topological polar surface area (TPSA) is 85.3 Å². The Bertz CT molecular complexity index is 1030. The van der Waals surface area contributed by atoms with Gasteiger partial charge in [0.1, 0.15) is 12.1 Å². The maximum Gasteiger partial charge on any atom is 0.328 e. The molecule has 9 heteroatoms. The summed E-state index contributed by atoms with van der Waals surface area (Å²) in [6.45, 7) is 5.90. The van der Waals surface area contributed by atoms with Crippen LogP contribution in [0.15, 0.2) is 35.3 Å². The van der Waals surface area contributed by atoms with Gasteiger partial charge < -0.3 is 14.5 Å². The SMILES string of the molecule is COCCOc1ncc2[nH]c(=O)n(Cc3ccc(CN4CCCC4[SiH2]C)cc3)c2n1. The lowest BCUT2D eigenvalue weighted by Gasteiger charge is -2.23. The molecule has 4 rings (SSSR count). The largest absolute Gasteiger partial charge is 0.461 e. The normalized spacial score (nSPS) is 17.5. The third-order valence-corrected chi connectivity index (χ3v) is 7.59. The van der Waals surface area contributed by atoms with Crippen molar-refractivity contribution < 1.29 is 9.47 Å². The van der Waals surface area contributed by atoms with Crippen molar-refractivity contribution in [2.75, 3.05) is 26.9 Å². The Balaban J connectivity index is 1.48. The van der Waals surface area contributed by atoms with Gasteiger partial charge in [-0.1, -0.05) is 30.8 Å². The lowest BCUT2D eigenvalue weighted by Crippen LogP contribution is -2.32. The molecule has 1 atom stereocenters. The van der Waals surface area contributed by atoms with Crippen LogP contribution in [-0.2, 0) is 17.8 Å². The van der Waals surface area contributed by atoms with Crippen molar-refractivity contribution in [3.63, 3.8) is 0 Å². The zero-order valence-electron chi connectivity index (χ0n) is 17.6. The second-order valence-corrected chi connectivity index (χ2v) is 9.50. The monoisotopic (exact) mass is 427 g/mol. The van der Waals surface area contributed by atoms with Crippen LogP contribution in [-0.4, -0.2) is 66.5 Å². The Morgan fingerprint density at radius 2 is 1.97 bits per heavy atom. The molecule has 3 heterocycles. The van der Waals surface area contributed by atoms with E-state index >= 15 is 0 Å². The van der Waals surface area contributed by atoms with Crippen LogP contribution in [0.5, 0.6) is 6.01 Å². The van der Waals surface area contributed by atoms with E-state index in [1.807, 2.05) is 0 Å². The summed E-state index contributed by atoms with van der Waals surface area (Å²) in [7, 11) is 1.61. The van der Waals surface area contributed by atoms with Crippen LogP contribution in [0.25, 0.3) is 11.2 Å². The van der Waals surface area contributed by atoms with Crippen LogP contribution < -0.4 is 10.4 Å². The highest BCUT2D eigenvalue weighted by Gasteiger charge is 2.22. The number of nitrogens with one attached hydrogen (secondary N) is 1. The Morgan fingerprint density at radius 1 is 1.20 bits per heavy atom. The summed E-state index contributed by atoms with van der Waals surface area (Å²) in [6.07, 6.45) is 4.27. The Labute approximate surface area is 178 Å². The number of methoxy groups -OCH3 is 1. The summed E-state index contributed by atoms with van der Waals surface area (Å²) in [6, 6.07) is 8.80. The fourth-order valence-electron chi connectivity index (χ4n) is 4.10. The van der Waals surface area contributed by atoms with Crippen molar-refractivity contribution in [1.29, 1.82) is 0 Å². The number of H-pyrrole nitrogens is 1. The van der Waals surface area contributed by atoms with Gasteiger partial charge in [0.2, 0.25) is 0 Å². The first-order valence-electron chi connectivity index (χ1n) is 10.6. The van der Waals surface area contributed by atoms with E-state index < -0.39 is 0 Å². The van der Waals surface area contributed by atoms with E-state index in [1.165, 1.54) is 24.9 Å². The molecule has 8 nitrogen and oxygen atoms in total. The van der Waals surface area contributed by atoms with Crippen molar-refractivity contribution in [3.8, 4) is 6.01 Å². The molecule has 1 aliphatic heterocycles. The van der Waals surface area contributed by atoms with Gasteiger partial charge in [-0.3, -0.25) is 9.47 Å². The van der Waals surface area contributed by atoms with Crippen LogP contribution in [0.2, 0.25) is 6.55 Å². The van der Waals surface area contributed by atoms with Crippen LogP contribution >= 0.6 is 0 Å². The predicted molar refractivity (Wildman–Crippen MR) is 119 cm³/mol. The minimum absolute atomic E-state index is 0.00597. The first-order chi connectivity index (χ1) is 14.7. The molecule has 160 valence electrons. The van der Waals surface area contributed by atoms with E-state index in [-0.39, 0.29) is 21.2 Å². The summed E-state index contributed by atoms with van der Waals surface area (Å²) >= 11 is 0. The van der Waals surface area contributed by atoms with Crippen molar-refractivity contribution in [2.24, 2.45) is 0 Å². The molecule has 1 unspecified atom stereocenters. The number of likely N-dealkylation sites (tertiary alicyclic amines) is 1. The highest BCUT2D eigenvalue weighted by molar-refractivity contribution is 6.35. The number of aromatic nitrogens is 4. The molecular weight excluding hydrogens is 398 g/mol. The molecule has 1 aromatic carbocycles. The average Bonchev–Trinajstić information content (AvgIpc) is 3.33. The van der Waals surface area contributed by atoms with Gasteiger partial charge in [-0.25, -0.2) is 9.78 Å². The summed E-state index contributed by atoms with van der Waals surface area (Å²) < 4.78 is 12.1. The molecule has 0 saturated carbocycles. The third-order valence-electron chi connectivity index (χ3n) is 5.73. The summed E-state index contributed by atoms with van der Waals surface area (Å²) in [5.74, 6) is 0. The smallest absolute Gasteiger partial charge is 0.328 e. The number of ether oxygens (including phenoxy) is 2. The Hall–Kier alpha value is -2.49. The van der Waals surface area contributed by atoms with Crippen molar-refractivity contribution in [3.05, 3.63) is 52.1 Å². The molecule has 1 aliphatic rings. The van der Waals surface area contributed by atoms with Gasteiger partial charge in [0, 0.05) is 23.2 Å². The summed E-state index contributed by atoms with van der Waals surface area (Å²) in [5.41, 5.74) is 4.17. The van der Waals surface area contributed by atoms with Gasteiger partial charge >= 0.3 is 11.7 Å². The quantitative estimate of drug-likeness (QED) is 0.410. The van der Waals surface area contributed by atoms with Crippen molar-refractivity contribution in [1.82, 2.24) is 24.4 Å². The van der Waals surface area contributed by atoms with Crippen LogP contribution in [0.3, 0.4) is 0 Å². The predicted octanol–water partition coefficient (Wildman–Crippen LogP) is 1.33. The number of hydrogen-bond acceptors (Lipinski definition) is 6. The molecule has 2 aromatic heterocycles. The second kappa shape index (κ2) is 9.54. The molecule has 3 aromatic rings. The molecule has 30 heavy (non-hydrogen) atoms.